The summed E-state index contributed by atoms with van der Waals surface area (Å²) in [6.45, 7) is 0. The van der Waals surface area contributed by atoms with Crippen LogP contribution in [0.2, 0.25) is 0 Å². The molecule has 100 valence electrons. The number of alkyl halides is 1. The first kappa shape index (κ1) is 15.1. The van der Waals surface area contributed by atoms with Crippen molar-refractivity contribution in [3.8, 4) is 0 Å². The Labute approximate surface area is 116 Å². The van der Waals surface area contributed by atoms with Crippen LogP contribution < -0.4 is 10.5 Å². The lowest BCUT2D eigenvalue weighted by molar-refractivity contribution is -0.138. The van der Waals surface area contributed by atoms with E-state index in [2.05, 4.69) is 20.7 Å². The largest absolute Gasteiger partial charge is 0.480 e. The van der Waals surface area contributed by atoms with Crippen LogP contribution in [0.4, 0.5) is 5.69 Å². The highest BCUT2D eigenvalue weighted by Crippen LogP contribution is 2.11. The van der Waals surface area contributed by atoms with E-state index in [0.717, 1.165) is 11.3 Å². The van der Waals surface area contributed by atoms with Crippen LogP contribution in [0.5, 0.6) is 0 Å². The maximum atomic E-state index is 11.4. The van der Waals surface area contributed by atoms with Gasteiger partial charge in [-0.3, -0.25) is 4.79 Å². The third kappa shape index (κ3) is 5.16. The number of carboxylic acids is 1. The molecule has 18 heavy (non-hydrogen) atoms. The van der Waals surface area contributed by atoms with Gasteiger partial charge in [0.2, 0.25) is 0 Å². The van der Waals surface area contributed by atoms with E-state index in [1.807, 2.05) is 0 Å². The lowest BCUT2D eigenvalue weighted by atomic mass is 10.1. The lowest BCUT2D eigenvalue weighted by Crippen LogP contribution is -2.32. The summed E-state index contributed by atoms with van der Waals surface area (Å²) in [5, 5.41) is 9.36. The summed E-state index contributed by atoms with van der Waals surface area (Å²) in [7, 11) is -1.11. The van der Waals surface area contributed by atoms with Crippen molar-refractivity contribution >= 4 is 38.6 Å². The zero-order valence-electron chi connectivity index (χ0n) is 9.64. The highest BCUT2D eigenvalue weighted by molar-refractivity contribution is 9.09. The minimum absolute atomic E-state index is 0.278. The van der Waals surface area contributed by atoms with Crippen LogP contribution in [0.3, 0.4) is 0 Å². The number of anilines is 1. The first-order valence-electron chi connectivity index (χ1n) is 5.31. The van der Waals surface area contributed by atoms with Crippen molar-refractivity contribution in [1.82, 2.24) is 0 Å². The number of hydrogen-bond acceptors (Lipinski definition) is 3. The van der Waals surface area contributed by atoms with Crippen molar-refractivity contribution in [3.05, 3.63) is 29.8 Å². The highest BCUT2D eigenvalue weighted by atomic mass is 79.9. The molecule has 1 aromatic carbocycles. The van der Waals surface area contributed by atoms with Gasteiger partial charge in [0.1, 0.15) is 17.0 Å². The van der Waals surface area contributed by atoms with Crippen LogP contribution in [-0.4, -0.2) is 32.4 Å². The fraction of sp³-hybridized carbons (Fsp3) is 0.364. The van der Waals surface area contributed by atoms with Gasteiger partial charge < -0.3 is 15.6 Å². The Bertz CT molecular complexity index is 425. The molecular formula is C11H15BrN2O3S. The molecule has 2 atom stereocenters. The maximum Gasteiger partial charge on any atom is 0.320 e. The monoisotopic (exact) mass is 334 g/mol. The van der Waals surface area contributed by atoms with Gasteiger partial charge in [0.15, 0.2) is 0 Å². The molecule has 0 heterocycles. The predicted octanol–water partition coefficient (Wildman–Crippen LogP) is 1.11. The van der Waals surface area contributed by atoms with Gasteiger partial charge in [-0.1, -0.05) is 28.1 Å². The molecule has 0 amide bonds. The van der Waals surface area contributed by atoms with E-state index in [0.29, 0.717) is 11.1 Å². The van der Waals surface area contributed by atoms with Gasteiger partial charge in [0.25, 0.3) is 0 Å². The molecular weight excluding hydrogens is 320 g/mol. The van der Waals surface area contributed by atoms with E-state index in [9.17, 15) is 9.00 Å². The van der Waals surface area contributed by atoms with Crippen molar-refractivity contribution in [2.75, 3.05) is 15.8 Å². The topological polar surface area (TPSA) is 92.4 Å². The minimum Gasteiger partial charge on any atom is -0.480 e. The number of aliphatic carboxylic acids is 1. The lowest BCUT2D eigenvalue weighted by Gasteiger charge is -2.08. The Kier molecular flexibility index (Phi) is 6.31. The molecule has 0 saturated heterocycles. The summed E-state index contributed by atoms with van der Waals surface area (Å²) in [4.78, 5) is 10.6. The average Bonchev–Trinajstić information content (AvgIpc) is 2.31. The number of nitrogens with two attached hydrogens (primary N) is 1. The zero-order valence-corrected chi connectivity index (χ0v) is 12.0. The van der Waals surface area contributed by atoms with Crippen LogP contribution >= 0.6 is 15.9 Å². The van der Waals surface area contributed by atoms with Gasteiger partial charge in [-0.2, -0.15) is 0 Å². The maximum absolute atomic E-state index is 11.4. The quantitative estimate of drug-likeness (QED) is 0.651. The van der Waals surface area contributed by atoms with Crippen LogP contribution in [0, 0.1) is 0 Å². The summed E-state index contributed by atoms with van der Waals surface area (Å²) >= 11 is 3.21. The third-order valence-electron chi connectivity index (χ3n) is 2.22. The van der Waals surface area contributed by atoms with Gasteiger partial charge in [-0.25, -0.2) is 4.21 Å². The normalized spacial score (nSPS) is 13.9. The molecule has 0 aliphatic heterocycles. The Morgan fingerprint density at radius 2 is 2.06 bits per heavy atom. The molecule has 0 fully saturated rings. The Hall–Kier alpha value is -0.920. The molecule has 5 nitrogen and oxygen atoms in total. The number of carbonyl (C=O) groups is 1. The molecule has 7 heteroatoms. The Morgan fingerprint density at radius 3 is 2.56 bits per heavy atom. The molecule has 4 N–H and O–H groups in total. The van der Waals surface area contributed by atoms with E-state index < -0.39 is 23.0 Å². The van der Waals surface area contributed by atoms with E-state index in [4.69, 9.17) is 10.8 Å². The number of nitrogens with one attached hydrogen (secondary N) is 1. The zero-order chi connectivity index (χ0) is 13.5. The number of rotatable bonds is 7. The number of halogens is 1. The van der Waals surface area contributed by atoms with Crippen LogP contribution in [0.1, 0.15) is 5.56 Å². The molecule has 0 aliphatic carbocycles. The predicted molar refractivity (Wildman–Crippen MR) is 76.2 cm³/mol. The first-order chi connectivity index (χ1) is 8.52. The molecule has 0 spiro atoms. The van der Waals surface area contributed by atoms with E-state index >= 15 is 0 Å². The molecule has 0 saturated carbocycles. The first-order valence-corrected chi connectivity index (χ1v) is 7.75. The van der Waals surface area contributed by atoms with E-state index in [1.165, 1.54) is 0 Å². The molecule has 0 aromatic heterocycles. The minimum atomic E-state index is -1.11. The van der Waals surface area contributed by atoms with Gasteiger partial charge in [-0.15, -0.1) is 0 Å². The second-order valence-electron chi connectivity index (χ2n) is 3.69. The summed E-state index contributed by atoms with van der Waals surface area (Å²) in [6, 6.07) is 6.17. The molecule has 0 bridgehead atoms. The number of benzene rings is 1. The average molecular weight is 335 g/mol. The SMILES string of the molecule is N[C@@H](Cc1ccc(NS(=O)CCBr)cc1)C(=O)O. The third-order valence-corrected chi connectivity index (χ3v) is 4.18. The summed E-state index contributed by atoms with van der Waals surface area (Å²) < 4.78 is 14.3. The Balaban J connectivity index is 2.57. The molecule has 1 unspecified atom stereocenters. The van der Waals surface area contributed by atoms with E-state index in [-0.39, 0.29) is 6.42 Å². The second-order valence-corrected chi connectivity index (χ2v) is 5.78. The molecule has 0 aliphatic rings. The second kappa shape index (κ2) is 7.50. The van der Waals surface area contributed by atoms with Crippen LogP contribution in [0.25, 0.3) is 0 Å². The number of hydrogen-bond donors (Lipinski definition) is 3. The van der Waals surface area contributed by atoms with Crippen molar-refractivity contribution in [2.24, 2.45) is 5.73 Å². The van der Waals surface area contributed by atoms with Gasteiger partial charge in [0, 0.05) is 11.0 Å². The van der Waals surface area contributed by atoms with E-state index in [1.54, 1.807) is 24.3 Å². The van der Waals surface area contributed by atoms with Gasteiger partial charge >= 0.3 is 5.97 Å². The van der Waals surface area contributed by atoms with Gasteiger partial charge in [-0.05, 0) is 24.1 Å². The molecule has 0 radical (unpaired) electrons. The van der Waals surface area contributed by atoms with Crippen LogP contribution in [-0.2, 0) is 22.2 Å². The van der Waals surface area contributed by atoms with Crippen molar-refractivity contribution in [2.45, 2.75) is 12.5 Å². The summed E-state index contributed by atoms with van der Waals surface area (Å²) in [5.41, 5.74) is 7.01. The fourth-order valence-electron chi connectivity index (χ4n) is 1.30. The van der Waals surface area contributed by atoms with Crippen molar-refractivity contribution < 1.29 is 14.1 Å². The molecule has 1 rings (SSSR count). The molecule has 1 aromatic rings. The summed E-state index contributed by atoms with van der Waals surface area (Å²) in [5.74, 6) is -0.498. The van der Waals surface area contributed by atoms with Crippen LogP contribution in [0.15, 0.2) is 24.3 Å². The van der Waals surface area contributed by atoms with Crippen molar-refractivity contribution in [1.29, 1.82) is 0 Å². The van der Waals surface area contributed by atoms with Crippen molar-refractivity contribution in [3.63, 3.8) is 0 Å². The highest BCUT2D eigenvalue weighted by Gasteiger charge is 2.11. The van der Waals surface area contributed by atoms with Gasteiger partial charge in [0.05, 0.1) is 5.75 Å². The smallest absolute Gasteiger partial charge is 0.320 e. The summed E-state index contributed by atoms with van der Waals surface area (Å²) in [6.07, 6.45) is 0.278. The fourth-order valence-corrected chi connectivity index (χ4v) is 2.83. The standard InChI is InChI=1S/C11H15BrN2O3S/c12-5-6-18(17)14-9-3-1-8(2-4-9)7-10(13)11(15)16/h1-4,10,14H,5-7,13H2,(H,15,16)/t10-,18?/m0/s1. The number of carboxylic acid groups (broad SMARTS) is 1. The Morgan fingerprint density at radius 1 is 1.44 bits per heavy atom.